The van der Waals surface area contributed by atoms with E-state index in [0.717, 1.165) is 33.2 Å². The minimum atomic E-state index is 0.813. The molecule has 0 radical (unpaired) electrons. The summed E-state index contributed by atoms with van der Waals surface area (Å²) in [6.45, 7) is 0.839. The van der Waals surface area contributed by atoms with Gasteiger partial charge in [-0.2, -0.15) is 5.10 Å². The molecule has 1 aromatic carbocycles. The molecule has 2 heterocycles. The summed E-state index contributed by atoms with van der Waals surface area (Å²) in [6.07, 6.45) is 3.62. The Hall–Kier alpha value is -1.72. The van der Waals surface area contributed by atoms with E-state index in [1.165, 1.54) is 5.56 Å². The van der Waals surface area contributed by atoms with Crippen LogP contribution in [0, 0.1) is 0 Å². The Labute approximate surface area is 119 Å². The van der Waals surface area contributed by atoms with Crippen molar-refractivity contribution in [3.8, 4) is 11.1 Å². The summed E-state index contributed by atoms with van der Waals surface area (Å²) >= 11 is 3.57. The molecule has 96 valence electrons. The second-order valence-electron chi connectivity index (χ2n) is 4.37. The molecular formula is C14H13BrN4. The number of aromatic nitrogens is 3. The fourth-order valence-electron chi connectivity index (χ4n) is 2.21. The number of nitrogens with zero attached hydrogens (tertiary/aromatic N) is 2. The van der Waals surface area contributed by atoms with Crippen LogP contribution < -0.4 is 5.32 Å². The van der Waals surface area contributed by atoms with Crippen LogP contribution in [0.5, 0.6) is 0 Å². The minimum Gasteiger partial charge on any atom is -0.316 e. The third-order valence-electron chi connectivity index (χ3n) is 3.00. The zero-order valence-electron chi connectivity index (χ0n) is 10.4. The maximum absolute atomic E-state index is 4.27. The molecule has 0 aliphatic heterocycles. The summed E-state index contributed by atoms with van der Waals surface area (Å²) in [6, 6.07) is 8.43. The molecule has 2 aromatic heterocycles. The van der Waals surface area contributed by atoms with Gasteiger partial charge in [0, 0.05) is 22.6 Å². The van der Waals surface area contributed by atoms with E-state index in [-0.39, 0.29) is 0 Å². The number of rotatable bonds is 3. The summed E-state index contributed by atoms with van der Waals surface area (Å²) < 4.78 is 1.07. The summed E-state index contributed by atoms with van der Waals surface area (Å²) in [4.78, 5) is 4.27. The normalized spacial score (nSPS) is 11.1. The highest BCUT2D eigenvalue weighted by Crippen LogP contribution is 2.29. The average Bonchev–Trinajstić information content (AvgIpc) is 2.86. The molecule has 19 heavy (non-hydrogen) atoms. The van der Waals surface area contributed by atoms with Crippen molar-refractivity contribution in [2.75, 3.05) is 7.05 Å². The SMILES string of the molecule is CNCc1cc(Br)cc(-c2ccnc3[nH]ncc23)c1. The maximum atomic E-state index is 4.27. The van der Waals surface area contributed by atoms with Crippen LogP contribution in [-0.2, 0) is 6.54 Å². The molecule has 0 fully saturated rings. The van der Waals surface area contributed by atoms with Crippen LogP contribution in [0.2, 0.25) is 0 Å². The van der Waals surface area contributed by atoms with Crippen LogP contribution in [0.25, 0.3) is 22.2 Å². The van der Waals surface area contributed by atoms with Gasteiger partial charge in [0.05, 0.1) is 6.20 Å². The molecule has 5 heteroatoms. The number of fused-ring (bicyclic) bond motifs is 1. The number of hydrogen-bond donors (Lipinski definition) is 2. The van der Waals surface area contributed by atoms with Gasteiger partial charge in [-0.3, -0.25) is 5.10 Å². The van der Waals surface area contributed by atoms with Gasteiger partial charge in [-0.1, -0.05) is 15.9 Å². The lowest BCUT2D eigenvalue weighted by Gasteiger charge is -2.07. The Kier molecular flexibility index (Phi) is 3.31. The quantitative estimate of drug-likeness (QED) is 0.780. The second-order valence-corrected chi connectivity index (χ2v) is 5.28. The maximum Gasteiger partial charge on any atom is 0.155 e. The monoisotopic (exact) mass is 316 g/mol. The number of H-pyrrole nitrogens is 1. The van der Waals surface area contributed by atoms with Gasteiger partial charge >= 0.3 is 0 Å². The molecule has 0 spiro atoms. The summed E-state index contributed by atoms with van der Waals surface area (Å²) in [7, 11) is 1.95. The van der Waals surface area contributed by atoms with Gasteiger partial charge in [0.1, 0.15) is 0 Å². The van der Waals surface area contributed by atoms with Gasteiger partial charge in [0.2, 0.25) is 0 Å². The Bertz CT molecular complexity index is 720. The fourth-order valence-corrected chi connectivity index (χ4v) is 2.76. The zero-order chi connectivity index (χ0) is 13.2. The molecule has 0 atom stereocenters. The van der Waals surface area contributed by atoms with E-state index in [4.69, 9.17) is 0 Å². The van der Waals surface area contributed by atoms with E-state index >= 15 is 0 Å². The Balaban J connectivity index is 2.18. The summed E-state index contributed by atoms with van der Waals surface area (Å²) in [5.74, 6) is 0. The van der Waals surface area contributed by atoms with E-state index < -0.39 is 0 Å². The highest BCUT2D eigenvalue weighted by molar-refractivity contribution is 9.10. The highest BCUT2D eigenvalue weighted by atomic mass is 79.9. The third kappa shape index (κ3) is 2.39. The molecule has 0 saturated heterocycles. The molecule has 4 nitrogen and oxygen atoms in total. The van der Waals surface area contributed by atoms with Gasteiger partial charge < -0.3 is 5.32 Å². The Morgan fingerprint density at radius 2 is 2.21 bits per heavy atom. The minimum absolute atomic E-state index is 0.813. The lowest BCUT2D eigenvalue weighted by Crippen LogP contribution is -2.05. The summed E-state index contributed by atoms with van der Waals surface area (Å²) in [5, 5.41) is 11.2. The Morgan fingerprint density at radius 3 is 3.05 bits per heavy atom. The van der Waals surface area contributed by atoms with E-state index in [9.17, 15) is 0 Å². The van der Waals surface area contributed by atoms with Gasteiger partial charge in [0.25, 0.3) is 0 Å². The topological polar surface area (TPSA) is 53.6 Å². The largest absolute Gasteiger partial charge is 0.316 e. The lowest BCUT2D eigenvalue weighted by molar-refractivity contribution is 0.818. The van der Waals surface area contributed by atoms with Crippen molar-refractivity contribution in [2.45, 2.75) is 6.54 Å². The molecule has 0 bridgehead atoms. The number of halogens is 1. The number of benzene rings is 1. The molecule has 0 amide bonds. The van der Waals surface area contributed by atoms with Crippen molar-refractivity contribution in [2.24, 2.45) is 0 Å². The predicted octanol–water partition coefficient (Wildman–Crippen LogP) is 3.11. The molecule has 0 saturated carbocycles. The van der Waals surface area contributed by atoms with Crippen LogP contribution in [0.1, 0.15) is 5.56 Å². The first kappa shape index (κ1) is 12.3. The first-order chi connectivity index (χ1) is 9.28. The van der Waals surface area contributed by atoms with E-state index in [2.05, 4.69) is 54.6 Å². The molecule has 0 unspecified atom stereocenters. The van der Waals surface area contributed by atoms with Gasteiger partial charge in [-0.25, -0.2) is 4.98 Å². The van der Waals surface area contributed by atoms with Crippen molar-refractivity contribution < 1.29 is 0 Å². The number of pyridine rings is 1. The van der Waals surface area contributed by atoms with Gasteiger partial charge in [-0.05, 0) is 48.0 Å². The Morgan fingerprint density at radius 1 is 1.32 bits per heavy atom. The van der Waals surface area contributed by atoms with Crippen LogP contribution in [0.4, 0.5) is 0 Å². The lowest BCUT2D eigenvalue weighted by atomic mass is 10.0. The smallest absolute Gasteiger partial charge is 0.155 e. The van der Waals surface area contributed by atoms with Crippen LogP contribution >= 0.6 is 15.9 Å². The second kappa shape index (κ2) is 5.11. The van der Waals surface area contributed by atoms with E-state index in [0.29, 0.717) is 0 Å². The van der Waals surface area contributed by atoms with Crippen molar-refractivity contribution in [1.82, 2.24) is 20.5 Å². The van der Waals surface area contributed by atoms with Gasteiger partial charge in [0.15, 0.2) is 5.65 Å². The van der Waals surface area contributed by atoms with E-state index in [1.54, 1.807) is 6.20 Å². The first-order valence-electron chi connectivity index (χ1n) is 6.00. The van der Waals surface area contributed by atoms with Crippen molar-refractivity contribution >= 4 is 27.0 Å². The summed E-state index contributed by atoms with van der Waals surface area (Å²) in [5.41, 5.74) is 4.35. The van der Waals surface area contributed by atoms with Crippen LogP contribution in [-0.4, -0.2) is 22.2 Å². The third-order valence-corrected chi connectivity index (χ3v) is 3.46. The fraction of sp³-hybridized carbons (Fsp3) is 0.143. The predicted molar refractivity (Wildman–Crippen MR) is 79.8 cm³/mol. The number of hydrogen-bond acceptors (Lipinski definition) is 3. The molecule has 0 aliphatic rings. The van der Waals surface area contributed by atoms with Crippen LogP contribution in [0.15, 0.2) is 41.1 Å². The standard InChI is InChI=1S/C14H13BrN4/c1-16-7-9-4-10(6-11(15)5-9)12-2-3-17-14-13(12)8-18-19-14/h2-6,8,16H,7H2,1H3,(H,17,18,19). The molecule has 3 aromatic rings. The average molecular weight is 317 g/mol. The molecule has 0 aliphatic carbocycles. The molecular weight excluding hydrogens is 304 g/mol. The van der Waals surface area contributed by atoms with Crippen molar-refractivity contribution in [3.63, 3.8) is 0 Å². The van der Waals surface area contributed by atoms with Crippen molar-refractivity contribution in [1.29, 1.82) is 0 Å². The first-order valence-corrected chi connectivity index (χ1v) is 6.80. The molecule has 3 rings (SSSR count). The molecule has 2 N–H and O–H groups in total. The van der Waals surface area contributed by atoms with E-state index in [1.807, 2.05) is 19.3 Å². The number of nitrogens with one attached hydrogen (secondary N) is 2. The zero-order valence-corrected chi connectivity index (χ0v) is 12.0. The highest BCUT2D eigenvalue weighted by Gasteiger charge is 2.08. The number of aromatic amines is 1. The van der Waals surface area contributed by atoms with Gasteiger partial charge in [-0.15, -0.1) is 0 Å². The van der Waals surface area contributed by atoms with Crippen molar-refractivity contribution in [3.05, 3.63) is 46.7 Å². The van der Waals surface area contributed by atoms with Crippen LogP contribution in [0.3, 0.4) is 0 Å².